The molecule has 104 valence electrons. The van der Waals surface area contributed by atoms with Gasteiger partial charge in [-0.3, -0.25) is 9.59 Å². The average Bonchev–Trinajstić information content (AvgIpc) is 2.80. The zero-order chi connectivity index (χ0) is 14.7. The van der Waals surface area contributed by atoms with Gasteiger partial charge in [0.1, 0.15) is 11.5 Å². The molecule has 5 heteroatoms. The molecule has 4 nitrogen and oxygen atoms in total. The van der Waals surface area contributed by atoms with Gasteiger partial charge < -0.3 is 9.88 Å². The minimum Gasteiger partial charge on any atom is -0.347 e. The number of rotatable bonds is 4. The summed E-state index contributed by atoms with van der Waals surface area (Å²) in [5, 5.41) is 2.64. The predicted octanol–water partition coefficient (Wildman–Crippen LogP) is 2.30. The lowest BCUT2D eigenvalue weighted by Gasteiger charge is -2.06. The fourth-order valence-corrected chi connectivity index (χ4v) is 1.89. The molecule has 0 unspecified atom stereocenters. The van der Waals surface area contributed by atoms with Gasteiger partial charge in [-0.25, -0.2) is 4.39 Å². The zero-order valence-corrected chi connectivity index (χ0v) is 11.3. The first-order valence-corrected chi connectivity index (χ1v) is 6.18. The van der Waals surface area contributed by atoms with Gasteiger partial charge in [-0.1, -0.05) is 18.2 Å². The minimum atomic E-state index is -0.357. The predicted molar refractivity (Wildman–Crippen MR) is 73.0 cm³/mol. The van der Waals surface area contributed by atoms with E-state index in [0.29, 0.717) is 16.8 Å². The third kappa shape index (κ3) is 2.93. The van der Waals surface area contributed by atoms with E-state index in [4.69, 9.17) is 0 Å². The molecule has 0 radical (unpaired) electrons. The molecule has 0 saturated heterocycles. The Morgan fingerprint density at radius 2 is 2.00 bits per heavy atom. The topological polar surface area (TPSA) is 51.1 Å². The molecule has 0 aliphatic heterocycles. The van der Waals surface area contributed by atoms with Gasteiger partial charge in [-0.15, -0.1) is 0 Å². The highest BCUT2D eigenvalue weighted by molar-refractivity contribution is 5.99. The van der Waals surface area contributed by atoms with Crippen LogP contribution in [0.1, 0.15) is 33.3 Å². The molecule has 0 aliphatic rings. The number of nitrogens with one attached hydrogen (secondary N) is 1. The van der Waals surface area contributed by atoms with E-state index < -0.39 is 0 Å². The number of carbonyl (C=O) groups excluding carboxylic acids is 2. The van der Waals surface area contributed by atoms with Crippen LogP contribution in [0.5, 0.6) is 0 Å². The second kappa shape index (κ2) is 5.69. The molecule has 1 aromatic carbocycles. The van der Waals surface area contributed by atoms with Crippen molar-refractivity contribution in [1.82, 2.24) is 9.88 Å². The SMILES string of the molecule is CC(=O)c1cc(C(=O)NCc2ccccc2F)n(C)c1. The summed E-state index contributed by atoms with van der Waals surface area (Å²) in [5.41, 5.74) is 1.26. The third-order valence-electron chi connectivity index (χ3n) is 3.04. The van der Waals surface area contributed by atoms with Crippen molar-refractivity contribution in [3.63, 3.8) is 0 Å². The number of Topliss-reactive ketones (excluding diaryl/α,β-unsaturated/α-hetero) is 1. The standard InChI is InChI=1S/C15H15FN2O2/c1-10(19)12-7-14(18(2)9-12)15(20)17-8-11-5-3-4-6-13(11)16/h3-7,9H,8H2,1-2H3,(H,17,20). The van der Waals surface area contributed by atoms with Gasteiger partial charge in [0, 0.05) is 30.9 Å². The molecule has 1 heterocycles. The minimum absolute atomic E-state index is 0.103. The van der Waals surface area contributed by atoms with Crippen molar-refractivity contribution in [2.45, 2.75) is 13.5 Å². The maximum Gasteiger partial charge on any atom is 0.268 e. The van der Waals surface area contributed by atoms with Crippen LogP contribution in [0.4, 0.5) is 4.39 Å². The van der Waals surface area contributed by atoms with Gasteiger partial charge in [-0.2, -0.15) is 0 Å². The Hall–Kier alpha value is -2.43. The normalized spacial score (nSPS) is 10.3. The molecule has 0 spiro atoms. The number of hydrogen-bond donors (Lipinski definition) is 1. The number of carbonyl (C=O) groups is 2. The molecule has 0 fully saturated rings. The van der Waals surface area contributed by atoms with Crippen molar-refractivity contribution in [3.05, 3.63) is 59.2 Å². The van der Waals surface area contributed by atoms with E-state index in [-0.39, 0.29) is 24.1 Å². The van der Waals surface area contributed by atoms with Gasteiger partial charge in [0.25, 0.3) is 5.91 Å². The van der Waals surface area contributed by atoms with Crippen molar-refractivity contribution in [2.75, 3.05) is 0 Å². The first kappa shape index (κ1) is 14.0. The molecule has 0 saturated carbocycles. The van der Waals surface area contributed by atoms with Crippen LogP contribution in [-0.4, -0.2) is 16.3 Å². The summed E-state index contributed by atoms with van der Waals surface area (Å²) in [6.07, 6.45) is 1.60. The molecule has 1 aromatic heterocycles. The smallest absolute Gasteiger partial charge is 0.268 e. The summed E-state index contributed by atoms with van der Waals surface area (Å²) in [6.45, 7) is 1.54. The summed E-state index contributed by atoms with van der Waals surface area (Å²) in [4.78, 5) is 23.3. The summed E-state index contributed by atoms with van der Waals surface area (Å²) < 4.78 is 15.0. The molecule has 0 bridgehead atoms. The molecule has 2 aromatic rings. The first-order valence-electron chi connectivity index (χ1n) is 6.18. The molecule has 0 atom stereocenters. The first-order chi connectivity index (χ1) is 9.49. The van der Waals surface area contributed by atoms with Crippen LogP contribution < -0.4 is 5.32 Å². The highest BCUT2D eigenvalue weighted by Crippen LogP contribution is 2.09. The van der Waals surface area contributed by atoms with E-state index in [1.165, 1.54) is 19.1 Å². The summed E-state index contributed by atoms with van der Waals surface area (Å²) in [6, 6.07) is 7.79. The van der Waals surface area contributed by atoms with Crippen LogP contribution in [0.15, 0.2) is 36.5 Å². The molecular weight excluding hydrogens is 259 g/mol. The number of amides is 1. The Morgan fingerprint density at radius 3 is 2.60 bits per heavy atom. The third-order valence-corrected chi connectivity index (χ3v) is 3.04. The number of hydrogen-bond acceptors (Lipinski definition) is 2. The average molecular weight is 274 g/mol. The van der Waals surface area contributed by atoms with Crippen molar-refractivity contribution in [3.8, 4) is 0 Å². The molecular formula is C15H15FN2O2. The highest BCUT2D eigenvalue weighted by atomic mass is 19.1. The number of halogens is 1. The quantitative estimate of drug-likeness (QED) is 0.870. The largest absolute Gasteiger partial charge is 0.347 e. The van der Waals surface area contributed by atoms with Crippen LogP contribution in [0.25, 0.3) is 0 Å². The van der Waals surface area contributed by atoms with Gasteiger partial charge in [0.05, 0.1) is 0 Å². The van der Waals surface area contributed by atoms with E-state index in [0.717, 1.165) is 0 Å². The Balaban J connectivity index is 2.09. The lowest BCUT2D eigenvalue weighted by Crippen LogP contribution is -2.25. The highest BCUT2D eigenvalue weighted by Gasteiger charge is 2.13. The summed E-state index contributed by atoms with van der Waals surface area (Å²) in [7, 11) is 1.68. The number of aromatic nitrogens is 1. The lowest BCUT2D eigenvalue weighted by atomic mass is 10.2. The number of aryl methyl sites for hydroxylation is 1. The molecule has 2 rings (SSSR count). The molecule has 1 amide bonds. The second-order valence-corrected chi connectivity index (χ2v) is 4.56. The van der Waals surface area contributed by atoms with Crippen LogP contribution in [-0.2, 0) is 13.6 Å². The lowest BCUT2D eigenvalue weighted by molar-refractivity contribution is 0.0942. The van der Waals surface area contributed by atoms with Crippen LogP contribution in [0.2, 0.25) is 0 Å². The molecule has 0 aliphatic carbocycles. The van der Waals surface area contributed by atoms with Gasteiger partial charge in [0.15, 0.2) is 5.78 Å². The van der Waals surface area contributed by atoms with Gasteiger partial charge in [0.2, 0.25) is 0 Å². The van der Waals surface area contributed by atoms with Crippen LogP contribution in [0.3, 0.4) is 0 Å². The monoisotopic (exact) mass is 274 g/mol. The number of ketones is 1. The van der Waals surface area contributed by atoms with E-state index in [1.54, 1.807) is 36.0 Å². The van der Waals surface area contributed by atoms with Crippen LogP contribution >= 0.6 is 0 Å². The maximum atomic E-state index is 13.4. The Morgan fingerprint density at radius 1 is 1.30 bits per heavy atom. The van der Waals surface area contributed by atoms with Crippen molar-refractivity contribution in [1.29, 1.82) is 0 Å². The van der Waals surface area contributed by atoms with Gasteiger partial charge >= 0.3 is 0 Å². The fourth-order valence-electron chi connectivity index (χ4n) is 1.89. The van der Waals surface area contributed by atoms with E-state index in [9.17, 15) is 14.0 Å². The van der Waals surface area contributed by atoms with Crippen LogP contribution in [0, 0.1) is 5.82 Å². The number of nitrogens with zero attached hydrogens (tertiary/aromatic N) is 1. The Kier molecular flexibility index (Phi) is 3.98. The van der Waals surface area contributed by atoms with Crippen molar-refractivity contribution >= 4 is 11.7 Å². The molecule has 1 N–H and O–H groups in total. The molecule has 20 heavy (non-hydrogen) atoms. The summed E-state index contributed by atoms with van der Waals surface area (Å²) >= 11 is 0. The van der Waals surface area contributed by atoms with Gasteiger partial charge in [-0.05, 0) is 19.1 Å². The van der Waals surface area contributed by atoms with E-state index in [2.05, 4.69) is 5.32 Å². The Bertz CT molecular complexity index is 662. The van der Waals surface area contributed by atoms with Crippen molar-refractivity contribution < 1.29 is 14.0 Å². The summed E-state index contributed by atoms with van der Waals surface area (Å²) in [5.74, 6) is -0.805. The maximum absolute atomic E-state index is 13.4. The zero-order valence-electron chi connectivity index (χ0n) is 11.3. The number of benzene rings is 1. The fraction of sp³-hybridized carbons (Fsp3) is 0.200. The van der Waals surface area contributed by atoms with Crippen molar-refractivity contribution in [2.24, 2.45) is 7.05 Å². The second-order valence-electron chi connectivity index (χ2n) is 4.56. The van der Waals surface area contributed by atoms with E-state index in [1.807, 2.05) is 0 Å². The Labute approximate surface area is 116 Å². The van der Waals surface area contributed by atoms with E-state index >= 15 is 0 Å².